The van der Waals surface area contributed by atoms with Crippen LogP contribution in [0.4, 0.5) is 0 Å². The van der Waals surface area contributed by atoms with Crippen molar-refractivity contribution in [1.29, 1.82) is 0 Å². The molecule has 3 heterocycles. The summed E-state index contributed by atoms with van der Waals surface area (Å²) in [6.45, 7) is 5.71. The Bertz CT molecular complexity index is 953. The summed E-state index contributed by atoms with van der Waals surface area (Å²) in [6, 6.07) is 5.91. The number of carbonyl (C=O) groups excluding carboxylic acids is 1. The summed E-state index contributed by atoms with van der Waals surface area (Å²) in [5, 5.41) is 22.1. The van der Waals surface area contributed by atoms with Crippen molar-refractivity contribution >= 4 is 16.8 Å². The van der Waals surface area contributed by atoms with Crippen molar-refractivity contribution in [3.8, 4) is 0 Å². The summed E-state index contributed by atoms with van der Waals surface area (Å²) in [7, 11) is 0. The highest BCUT2D eigenvalue weighted by atomic mass is 16.3. The van der Waals surface area contributed by atoms with Gasteiger partial charge in [0.15, 0.2) is 0 Å². The number of hydrogen-bond acceptors (Lipinski definition) is 3. The van der Waals surface area contributed by atoms with Crippen molar-refractivity contribution < 1.29 is 15.0 Å². The highest BCUT2D eigenvalue weighted by molar-refractivity contribution is 6.00. The molecule has 0 radical (unpaired) electrons. The molecule has 1 unspecified atom stereocenters. The Morgan fingerprint density at radius 2 is 2.12 bits per heavy atom. The van der Waals surface area contributed by atoms with Crippen molar-refractivity contribution in [1.82, 2.24) is 9.88 Å². The van der Waals surface area contributed by atoms with Gasteiger partial charge in [0.05, 0.1) is 17.7 Å². The fraction of sp³-hybridized carbons (Fsp3) is 0.450. The van der Waals surface area contributed by atoms with E-state index in [1.54, 1.807) is 6.92 Å². The van der Waals surface area contributed by atoms with Crippen LogP contribution in [0.5, 0.6) is 0 Å². The van der Waals surface area contributed by atoms with Crippen molar-refractivity contribution in [2.45, 2.75) is 50.8 Å². The third-order valence-corrected chi connectivity index (χ3v) is 6.62. The number of aromatic amines is 1. The first-order chi connectivity index (χ1) is 11.8. The quantitative estimate of drug-likeness (QED) is 0.748. The predicted octanol–water partition coefficient (Wildman–Crippen LogP) is 2.62. The SMILES string of the molecule is CC(O)C1=C(O)[C@@H]2[C@H]3c4c[nH]c5cccc(c45)C[C@H]3C(C)(C)N2C1=O. The van der Waals surface area contributed by atoms with Crippen LogP contribution in [0.3, 0.4) is 0 Å². The number of fused-ring (bicyclic) bond motifs is 4. The fourth-order valence-corrected chi connectivity index (χ4v) is 5.55. The number of carbonyl (C=O) groups is 1. The van der Waals surface area contributed by atoms with Crippen LogP contribution in [0, 0.1) is 5.92 Å². The Balaban J connectivity index is 1.77. The molecule has 2 aliphatic heterocycles. The van der Waals surface area contributed by atoms with Gasteiger partial charge >= 0.3 is 0 Å². The Labute approximate surface area is 146 Å². The van der Waals surface area contributed by atoms with Gasteiger partial charge in [-0.3, -0.25) is 4.79 Å². The van der Waals surface area contributed by atoms with Gasteiger partial charge in [-0.25, -0.2) is 0 Å². The molecule has 4 atom stereocenters. The van der Waals surface area contributed by atoms with Crippen LogP contribution in [-0.2, 0) is 11.2 Å². The van der Waals surface area contributed by atoms with Crippen molar-refractivity contribution in [3.63, 3.8) is 0 Å². The second-order valence-corrected chi connectivity index (χ2v) is 8.17. The topological polar surface area (TPSA) is 76.6 Å². The smallest absolute Gasteiger partial charge is 0.256 e. The number of hydrogen-bond donors (Lipinski definition) is 3. The second kappa shape index (κ2) is 4.47. The first-order valence-corrected chi connectivity index (χ1v) is 8.87. The molecule has 5 rings (SSSR count). The monoisotopic (exact) mass is 338 g/mol. The third-order valence-electron chi connectivity index (χ3n) is 6.62. The minimum Gasteiger partial charge on any atom is -0.509 e. The summed E-state index contributed by atoms with van der Waals surface area (Å²) in [4.78, 5) is 18.2. The van der Waals surface area contributed by atoms with E-state index in [0.717, 1.165) is 11.9 Å². The van der Waals surface area contributed by atoms with Gasteiger partial charge in [-0.1, -0.05) is 12.1 Å². The molecular formula is C20H22N2O3. The average Bonchev–Trinajstić information content (AvgIpc) is 3.14. The van der Waals surface area contributed by atoms with Gasteiger partial charge in [-0.05, 0) is 50.3 Å². The summed E-state index contributed by atoms with van der Waals surface area (Å²) >= 11 is 0. The van der Waals surface area contributed by atoms with Gasteiger partial charge in [0, 0.05) is 28.6 Å². The van der Waals surface area contributed by atoms with Gasteiger partial charge < -0.3 is 20.1 Å². The maximum atomic E-state index is 13.0. The summed E-state index contributed by atoms with van der Waals surface area (Å²) in [6.07, 6.45) is 1.95. The minimum atomic E-state index is -0.963. The van der Waals surface area contributed by atoms with Gasteiger partial charge in [-0.2, -0.15) is 0 Å². The van der Waals surface area contributed by atoms with E-state index in [4.69, 9.17) is 0 Å². The Morgan fingerprint density at radius 1 is 1.36 bits per heavy atom. The lowest BCUT2D eigenvalue weighted by atomic mass is 9.69. The molecule has 1 amide bonds. The molecule has 1 aromatic heterocycles. The van der Waals surface area contributed by atoms with Crippen LogP contribution in [-0.4, -0.2) is 43.7 Å². The van der Waals surface area contributed by atoms with E-state index in [2.05, 4.69) is 37.0 Å². The van der Waals surface area contributed by atoms with Crippen LogP contribution < -0.4 is 0 Å². The lowest BCUT2D eigenvalue weighted by molar-refractivity contribution is -0.131. The van der Waals surface area contributed by atoms with Crippen molar-refractivity contribution in [2.24, 2.45) is 5.92 Å². The summed E-state index contributed by atoms with van der Waals surface area (Å²) < 4.78 is 0. The molecule has 5 nitrogen and oxygen atoms in total. The van der Waals surface area contributed by atoms with E-state index < -0.39 is 11.6 Å². The molecule has 3 N–H and O–H groups in total. The number of H-pyrrole nitrogens is 1. The van der Waals surface area contributed by atoms with E-state index in [9.17, 15) is 15.0 Å². The third kappa shape index (κ3) is 1.60. The van der Waals surface area contributed by atoms with E-state index in [0.29, 0.717) is 0 Å². The standard InChI is InChI=1S/C20H22N2O3/c1-9(23)14-18(24)17-16-11-8-21-13-6-4-5-10(15(11)13)7-12(16)20(2,3)22(17)19(14)25/h4-6,8-9,12,16-17,21,23-24H,7H2,1-3H3/t9?,12-,16+,17+/m1/s1. The highest BCUT2D eigenvalue weighted by Gasteiger charge is 2.62. The molecule has 1 saturated heterocycles. The van der Waals surface area contributed by atoms with Crippen LogP contribution >= 0.6 is 0 Å². The predicted molar refractivity (Wildman–Crippen MR) is 94.3 cm³/mol. The zero-order chi connectivity index (χ0) is 17.7. The normalized spacial score (nSPS) is 30.8. The number of nitrogens with one attached hydrogen (secondary N) is 1. The largest absolute Gasteiger partial charge is 0.509 e. The van der Waals surface area contributed by atoms with Crippen molar-refractivity contribution in [2.75, 3.05) is 0 Å². The zero-order valence-electron chi connectivity index (χ0n) is 14.6. The van der Waals surface area contributed by atoms with Gasteiger partial charge in [-0.15, -0.1) is 0 Å². The van der Waals surface area contributed by atoms with Gasteiger partial charge in [0.2, 0.25) is 0 Å². The van der Waals surface area contributed by atoms with E-state index >= 15 is 0 Å². The molecule has 1 aromatic carbocycles. The van der Waals surface area contributed by atoms with Crippen LogP contribution in [0.25, 0.3) is 10.9 Å². The molecule has 5 heteroatoms. The molecule has 0 spiro atoms. The van der Waals surface area contributed by atoms with E-state index in [1.165, 1.54) is 16.5 Å². The molecule has 1 aliphatic carbocycles. The van der Waals surface area contributed by atoms with Gasteiger partial charge in [0.25, 0.3) is 5.91 Å². The van der Waals surface area contributed by atoms with Crippen LogP contribution in [0.1, 0.15) is 37.8 Å². The number of aliphatic hydroxyl groups excluding tert-OH is 2. The Hall–Kier alpha value is -2.27. The minimum absolute atomic E-state index is 0.0406. The number of aromatic nitrogens is 1. The maximum absolute atomic E-state index is 13.0. The Morgan fingerprint density at radius 3 is 2.84 bits per heavy atom. The van der Waals surface area contributed by atoms with Crippen LogP contribution in [0.2, 0.25) is 0 Å². The summed E-state index contributed by atoms with van der Waals surface area (Å²) in [5.41, 5.74) is 3.34. The number of benzene rings is 1. The van der Waals surface area contributed by atoms with Crippen LogP contribution in [0.15, 0.2) is 35.7 Å². The second-order valence-electron chi connectivity index (χ2n) is 8.17. The lowest BCUT2D eigenvalue weighted by Crippen LogP contribution is -2.47. The molecule has 25 heavy (non-hydrogen) atoms. The first kappa shape index (κ1) is 15.0. The number of nitrogens with zero attached hydrogens (tertiary/aromatic N) is 1. The molecule has 0 saturated carbocycles. The first-order valence-electron chi connectivity index (χ1n) is 8.87. The molecule has 1 fully saturated rings. The highest BCUT2D eigenvalue weighted by Crippen LogP contribution is 2.58. The van der Waals surface area contributed by atoms with Crippen molar-refractivity contribution in [3.05, 3.63) is 46.9 Å². The van der Waals surface area contributed by atoms with E-state index in [1.807, 2.05) is 11.1 Å². The number of rotatable bonds is 1. The lowest BCUT2D eigenvalue weighted by Gasteiger charge is -2.37. The maximum Gasteiger partial charge on any atom is 0.256 e. The molecular weight excluding hydrogens is 316 g/mol. The number of aliphatic hydroxyl groups is 2. The fourth-order valence-electron chi connectivity index (χ4n) is 5.55. The number of amides is 1. The molecule has 3 aliphatic rings. The molecule has 130 valence electrons. The molecule has 0 bridgehead atoms. The average molecular weight is 338 g/mol. The van der Waals surface area contributed by atoms with E-state index in [-0.39, 0.29) is 35.1 Å². The zero-order valence-corrected chi connectivity index (χ0v) is 14.6. The van der Waals surface area contributed by atoms with Gasteiger partial charge in [0.1, 0.15) is 5.76 Å². The molecule has 2 aromatic rings. The summed E-state index contributed by atoms with van der Waals surface area (Å²) in [5.74, 6) is 0.0916. The Kier molecular flexibility index (Phi) is 2.68.